The molecule has 0 N–H and O–H groups in total. The highest BCUT2D eigenvalue weighted by Gasteiger charge is 2.15. The Morgan fingerprint density at radius 2 is 2.24 bits per heavy atom. The maximum absolute atomic E-state index is 11.2. The van der Waals surface area contributed by atoms with Crippen molar-refractivity contribution in [3.63, 3.8) is 0 Å². The predicted molar refractivity (Wildman–Crippen MR) is 77.8 cm³/mol. The summed E-state index contributed by atoms with van der Waals surface area (Å²) in [6, 6.07) is 0. The molecule has 0 atom stereocenters. The van der Waals surface area contributed by atoms with Gasteiger partial charge in [0.15, 0.2) is 8.68 Å². The van der Waals surface area contributed by atoms with E-state index in [0.29, 0.717) is 21.7 Å². The van der Waals surface area contributed by atoms with E-state index in [1.54, 1.807) is 6.92 Å². The lowest BCUT2D eigenvalue weighted by atomic mass is 10.3. The minimum atomic E-state index is -0.480. The van der Waals surface area contributed by atoms with E-state index in [-0.39, 0.29) is 17.4 Å². The molecule has 0 bridgehead atoms. The molecule has 0 aliphatic heterocycles. The zero-order chi connectivity index (χ0) is 15.2. The second-order valence-corrected chi connectivity index (χ2v) is 7.16. The summed E-state index contributed by atoms with van der Waals surface area (Å²) in [6.07, 6.45) is 1.95. The van der Waals surface area contributed by atoms with Gasteiger partial charge in [-0.3, -0.25) is 14.9 Å². The second-order valence-electron chi connectivity index (χ2n) is 3.59. The molecule has 0 fully saturated rings. The van der Waals surface area contributed by atoms with Gasteiger partial charge >= 0.3 is 11.0 Å². The lowest BCUT2D eigenvalue weighted by molar-refractivity contribution is -0.380. The van der Waals surface area contributed by atoms with Crippen molar-refractivity contribution in [2.75, 3.05) is 6.61 Å². The average Bonchev–Trinajstić information content (AvgIpc) is 3.07. The van der Waals surface area contributed by atoms with Gasteiger partial charge in [-0.2, -0.15) is 0 Å². The van der Waals surface area contributed by atoms with Crippen LogP contribution in [-0.4, -0.2) is 32.7 Å². The van der Waals surface area contributed by atoms with Gasteiger partial charge in [-0.25, -0.2) is 4.98 Å². The number of thiazole rings is 1. The van der Waals surface area contributed by atoms with Crippen molar-refractivity contribution in [3.05, 3.63) is 21.3 Å². The number of rotatable bonds is 7. The van der Waals surface area contributed by atoms with E-state index in [1.807, 2.05) is 0 Å². The molecule has 0 amide bonds. The number of nitro groups is 1. The second kappa shape index (κ2) is 7.43. The van der Waals surface area contributed by atoms with Crippen LogP contribution in [0.3, 0.4) is 0 Å². The summed E-state index contributed by atoms with van der Waals surface area (Å²) >= 11 is 3.55. The van der Waals surface area contributed by atoms with Gasteiger partial charge in [-0.1, -0.05) is 11.3 Å². The highest BCUT2D eigenvalue weighted by atomic mass is 32.2. The number of nitrogens with zero attached hydrogens (tertiary/aromatic N) is 4. The minimum Gasteiger partial charge on any atom is -0.466 e. The fourth-order valence-corrected chi connectivity index (χ4v) is 4.16. The molecule has 0 aliphatic rings. The van der Waals surface area contributed by atoms with Gasteiger partial charge in [0, 0.05) is 6.42 Å². The number of aryl methyl sites for hydroxylation is 1. The molecule has 0 saturated carbocycles. The summed E-state index contributed by atoms with van der Waals surface area (Å²) in [7, 11) is 0. The van der Waals surface area contributed by atoms with E-state index in [2.05, 4.69) is 15.2 Å². The molecule has 0 saturated heterocycles. The molecule has 0 unspecified atom stereocenters. The van der Waals surface area contributed by atoms with Crippen LogP contribution in [0, 0.1) is 10.1 Å². The van der Waals surface area contributed by atoms with E-state index in [0.717, 1.165) is 16.3 Å². The van der Waals surface area contributed by atoms with Crippen LogP contribution < -0.4 is 0 Å². The summed E-state index contributed by atoms with van der Waals surface area (Å²) in [5.41, 5.74) is 0. The third-order valence-electron chi connectivity index (χ3n) is 2.12. The number of carbonyl (C=O) groups excluding carboxylic acids is 1. The zero-order valence-electron chi connectivity index (χ0n) is 10.8. The molecule has 0 spiro atoms. The molecule has 112 valence electrons. The molecule has 21 heavy (non-hydrogen) atoms. The molecule has 2 rings (SSSR count). The Kier molecular flexibility index (Phi) is 5.59. The first-order valence-corrected chi connectivity index (χ1v) is 8.29. The Hall–Kier alpha value is -1.59. The Balaban J connectivity index is 1.90. The monoisotopic (exact) mass is 346 g/mol. The summed E-state index contributed by atoms with van der Waals surface area (Å²) in [5, 5.41) is 19.2. The first-order chi connectivity index (χ1) is 10.1. The molecule has 0 aliphatic carbocycles. The fraction of sp³-hybridized carbons (Fsp3) is 0.400. The van der Waals surface area contributed by atoms with E-state index in [4.69, 9.17) is 4.74 Å². The largest absolute Gasteiger partial charge is 0.466 e. The Labute approximate surface area is 131 Å². The third kappa shape index (κ3) is 4.72. The number of esters is 1. The summed E-state index contributed by atoms with van der Waals surface area (Å²) in [4.78, 5) is 25.3. The van der Waals surface area contributed by atoms with Crippen LogP contribution in [0.1, 0.15) is 18.4 Å². The van der Waals surface area contributed by atoms with Crippen molar-refractivity contribution in [1.82, 2.24) is 15.2 Å². The predicted octanol–water partition coefficient (Wildman–Crippen LogP) is 2.55. The van der Waals surface area contributed by atoms with Crippen molar-refractivity contribution >= 4 is 45.4 Å². The van der Waals surface area contributed by atoms with Gasteiger partial charge < -0.3 is 4.74 Å². The Morgan fingerprint density at radius 1 is 1.43 bits per heavy atom. The topological polar surface area (TPSA) is 108 Å². The summed E-state index contributed by atoms with van der Waals surface area (Å²) in [5.74, 6) is -0.266. The van der Waals surface area contributed by atoms with Gasteiger partial charge in [0.1, 0.15) is 11.2 Å². The molecule has 8 nitrogen and oxygen atoms in total. The lowest BCUT2D eigenvalue weighted by Crippen LogP contribution is -2.04. The quantitative estimate of drug-likeness (QED) is 0.427. The van der Waals surface area contributed by atoms with Crippen LogP contribution in [0.25, 0.3) is 0 Å². The highest BCUT2D eigenvalue weighted by Crippen LogP contribution is 2.35. The van der Waals surface area contributed by atoms with Crippen LogP contribution >= 0.6 is 34.4 Å². The van der Waals surface area contributed by atoms with Crippen molar-refractivity contribution in [2.24, 2.45) is 0 Å². The number of ether oxygens (including phenoxy) is 1. The van der Waals surface area contributed by atoms with Crippen LogP contribution in [-0.2, 0) is 16.0 Å². The minimum absolute atomic E-state index is 0.00968. The van der Waals surface area contributed by atoms with Crippen molar-refractivity contribution in [2.45, 2.75) is 28.4 Å². The summed E-state index contributed by atoms with van der Waals surface area (Å²) < 4.78 is 6.01. The highest BCUT2D eigenvalue weighted by molar-refractivity contribution is 8.02. The van der Waals surface area contributed by atoms with Crippen LogP contribution in [0.5, 0.6) is 0 Å². The molecular weight excluding hydrogens is 336 g/mol. The first-order valence-electron chi connectivity index (χ1n) is 5.84. The first kappa shape index (κ1) is 15.8. The summed E-state index contributed by atoms with van der Waals surface area (Å²) in [6.45, 7) is 2.11. The molecule has 2 heterocycles. The van der Waals surface area contributed by atoms with E-state index < -0.39 is 4.92 Å². The number of hydrogen-bond donors (Lipinski definition) is 0. The van der Waals surface area contributed by atoms with E-state index >= 15 is 0 Å². The molecule has 2 aromatic heterocycles. The van der Waals surface area contributed by atoms with Crippen molar-refractivity contribution < 1.29 is 14.5 Å². The maximum Gasteiger partial charge on any atom is 0.344 e. The molecule has 2 aromatic rings. The van der Waals surface area contributed by atoms with Gasteiger partial charge in [-0.15, -0.1) is 10.2 Å². The Morgan fingerprint density at radius 3 is 2.90 bits per heavy atom. The van der Waals surface area contributed by atoms with Crippen LogP contribution in [0.4, 0.5) is 5.00 Å². The van der Waals surface area contributed by atoms with Gasteiger partial charge in [0.05, 0.1) is 18.0 Å². The number of aromatic nitrogens is 3. The number of hydrogen-bond acceptors (Lipinski definition) is 10. The van der Waals surface area contributed by atoms with Crippen molar-refractivity contribution in [3.8, 4) is 0 Å². The number of carbonyl (C=O) groups is 1. The Bertz CT molecular complexity index is 642. The van der Waals surface area contributed by atoms with Crippen LogP contribution in [0.15, 0.2) is 14.9 Å². The molecule has 0 aromatic carbocycles. The average molecular weight is 346 g/mol. The molecular formula is C10H10N4O4S3. The SMILES string of the molecule is CCOC(=O)CCc1nnc(Sc2ncc([N+](=O)[O-])s2)s1. The fourth-order valence-electron chi connectivity index (χ4n) is 1.28. The van der Waals surface area contributed by atoms with E-state index in [1.165, 1.54) is 29.3 Å². The maximum atomic E-state index is 11.2. The normalized spacial score (nSPS) is 10.5. The molecule has 0 radical (unpaired) electrons. The van der Waals surface area contributed by atoms with Crippen LogP contribution in [0.2, 0.25) is 0 Å². The smallest absolute Gasteiger partial charge is 0.344 e. The zero-order valence-corrected chi connectivity index (χ0v) is 13.3. The van der Waals surface area contributed by atoms with Gasteiger partial charge in [0.25, 0.3) is 0 Å². The molecule has 11 heteroatoms. The van der Waals surface area contributed by atoms with Gasteiger partial charge in [-0.05, 0) is 30.0 Å². The lowest BCUT2D eigenvalue weighted by Gasteiger charge is -1.98. The van der Waals surface area contributed by atoms with Gasteiger partial charge in [0.2, 0.25) is 0 Å². The standard InChI is InChI=1S/C10H10N4O4S3/c1-2-18-8(15)4-3-6-12-13-10(19-6)21-9-11-5-7(20-9)14(16)17/h5H,2-4H2,1H3. The van der Waals surface area contributed by atoms with Crippen molar-refractivity contribution in [1.29, 1.82) is 0 Å². The van der Waals surface area contributed by atoms with E-state index in [9.17, 15) is 14.9 Å². The third-order valence-corrected chi connectivity index (χ3v) is 5.18.